The van der Waals surface area contributed by atoms with E-state index in [2.05, 4.69) is 51.8 Å². The largest absolute Gasteiger partial charge is 0.495 e. The lowest BCUT2D eigenvalue weighted by molar-refractivity contribution is 0.411. The van der Waals surface area contributed by atoms with Gasteiger partial charge in [0.2, 0.25) is 0 Å². The van der Waals surface area contributed by atoms with Crippen molar-refractivity contribution in [2.45, 2.75) is 13.8 Å². The van der Waals surface area contributed by atoms with E-state index in [0.717, 1.165) is 20.3 Å². The Kier molecular flexibility index (Phi) is 6.04. The van der Waals surface area contributed by atoms with Crippen LogP contribution in [0.1, 0.15) is 19.4 Å². The normalized spacial score (nSPS) is 12.1. The van der Waals surface area contributed by atoms with Gasteiger partial charge in [-0.05, 0) is 34.0 Å². The zero-order chi connectivity index (χ0) is 13.0. The van der Waals surface area contributed by atoms with Crippen molar-refractivity contribution in [3.05, 3.63) is 32.2 Å². The number of halogens is 3. The van der Waals surface area contributed by atoms with Crippen LogP contribution in [0.5, 0.6) is 5.75 Å². The van der Waals surface area contributed by atoms with Crippen molar-refractivity contribution in [2.75, 3.05) is 13.0 Å². The third-order valence-electron chi connectivity index (χ3n) is 2.48. The molecule has 0 bridgehead atoms. The molecule has 0 aliphatic heterocycles. The van der Waals surface area contributed by atoms with E-state index in [4.69, 9.17) is 16.3 Å². The van der Waals surface area contributed by atoms with Crippen LogP contribution in [0.2, 0.25) is 0 Å². The molecule has 0 saturated heterocycles. The second-order valence-electron chi connectivity index (χ2n) is 4.02. The van der Waals surface area contributed by atoms with E-state index in [9.17, 15) is 0 Å². The number of rotatable bonds is 4. The molecular formula is C13H15Br2ClO. The zero-order valence-corrected chi connectivity index (χ0v) is 14.0. The summed E-state index contributed by atoms with van der Waals surface area (Å²) >= 11 is 12.9. The fraction of sp³-hybridized carbons (Fsp3) is 0.385. The van der Waals surface area contributed by atoms with Crippen LogP contribution >= 0.6 is 43.5 Å². The average molecular weight is 383 g/mol. The summed E-state index contributed by atoms with van der Waals surface area (Å²) in [5.74, 6) is 1.79. The molecule has 0 unspecified atom stereocenters. The quantitative estimate of drug-likeness (QED) is 0.625. The lowest BCUT2D eigenvalue weighted by Gasteiger charge is -2.12. The van der Waals surface area contributed by atoms with Crippen molar-refractivity contribution >= 4 is 49.5 Å². The maximum atomic E-state index is 5.96. The van der Waals surface area contributed by atoms with Crippen molar-refractivity contribution in [1.82, 2.24) is 0 Å². The van der Waals surface area contributed by atoms with Crippen LogP contribution < -0.4 is 4.74 Å². The van der Waals surface area contributed by atoms with Gasteiger partial charge in [-0.15, -0.1) is 11.6 Å². The molecule has 1 aromatic rings. The van der Waals surface area contributed by atoms with Gasteiger partial charge in [-0.3, -0.25) is 0 Å². The van der Waals surface area contributed by atoms with Gasteiger partial charge >= 0.3 is 0 Å². The predicted molar refractivity (Wildman–Crippen MR) is 81.9 cm³/mol. The molecule has 0 radical (unpaired) electrons. The van der Waals surface area contributed by atoms with E-state index in [0.29, 0.717) is 11.8 Å². The minimum Gasteiger partial charge on any atom is -0.495 e. The summed E-state index contributed by atoms with van der Waals surface area (Å²) in [6.45, 7) is 4.27. The minimum atomic E-state index is 0.426. The summed E-state index contributed by atoms with van der Waals surface area (Å²) < 4.78 is 7.34. The molecule has 0 fully saturated rings. The van der Waals surface area contributed by atoms with Crippen molar-refractivity contribution in [3.63, 3.8) is 0 Å². The topological polar surface area (TPSA) is 9.23 Å². The van der Waals surface area contributed by atoms with Crippen LogP contribution in [-0.4, -0.2) is 13.0 Å². The van der Waals surface area contributed by atoms with E-state index in [1.807, 2.05) is 12.1 Å². The molecule has 0 aliphatic rings. The first kappa shape index (κ1) is 15.1. The van der Waals surface area contributed by atoms with Crippen molar-refractivity contribution < 1.29 is 4.74 Å². The number of ether oxygens (including phenoxy) is 1. The highest BCUT2D eigenvalue weighted by atomic mass is 79.9. The molecule has 17 heavy (non-hydrogen) atoms. The number of alkyl halides is 1. The average Bonchev–Trinajstić information content (AvgIpc) is 2.24. The Bertz CT molecular complexity index is 428. The molecule has 0 heterocycles. The Labute approximate surface area is 124 Å². The van der Waals surface area contributed by atoms with Crippen molar-refractivity contribution in [1.29, 1.82) is 0 Å². The van der Waals surface area contributed by atoms with Gasteiger partial charge in [0, 0.05) is 15.9 Å². The first-order valence-corrected chi connectivity index (χ1v) is 7.41. The molecule has 1 nitrogen and oxygen atoms in total. The van der Waals surface area contributed by atoms with E-state index >= 15 is 0 Å². The van der Waals surface area contributed by atoms with Crippen LogP contribution in [0.15, 0.2) is 26.7 Å². The van der Waals surface area contributed by atoms with Crippen LogP contribution in [-0.2, 0) is 0 Å². The SMILES string of the molecule is COc1c(Br)cc(Br)cc1C=C(CCl)C(C)C. The Morgan fingerprint density at radius 2 is 2.06 bits per heavy atom. The van der Waals surface area contributed by atoms with Gasteiger partial charge in [0.05, 0.1) is 11.6 Å². The zero-order valence-electron chi connectivity index (χ0n) is 10.1. The lowest BCUT2D eigenvalue weighted by atomic mass is 10.0. The lowest BCUT2D eigenvalue weighted by Crippen LogP contribution is -1.97. The smallest absolute Gasteiger partial charge is 0.140 e. The maximum absolute atomic E-state index is 5.96. The number of hydrogen-bond donors (Lipinski definition) is 0. The highest BCUT2D eigenvalue weighted by molar-refractivity contribution is 9.11. The van der Waals surface area contributed by atoms with Crippen molar-refractivity contribution in [2.24, 2.45) is 5.92 Å². The van der Waals surface area contributed by atoms with Crippen LogP contribution in [0, 0.1) is 5.92 Å². The third kappa shape index (κ3) is 4.01. The minimum absolute atomic E-state index is 0.426. The van der Waals surface area contributed by atoms with Gasteiger partial charge in [0.1, 0.15) is 5.75 Å². The van der Waals surface area contributed by atoms with Gasteiger partial charge in [0.15, 0.2) is 0 Å². The van der Waals surface area contributed by atoms with Crippen LogP contribution in [0.4, 0.5) is 0 Å². The molecule has 1 aromatic carbocycles. The summed E-state index contributed by atoms with van der Waals surface area (Å²) in [6.07, 6.45) is 2.09. The first-order valence-electron chi connectivity index (χ1n) is 5.29. The predicted octanol–water partition coefficient (Wildman–Crippen LogP) is 5.50. The Morgan fingerprint density at radius 3 is 2.53 bits per heavy atom. The summed E-state index contributed by atoms with van der Waals surface area (Å²) in [5, 5.41) is 0. The molecule has 94 valence electrons. The first-order chi connectivity index (χ1) is 7.99. The molecule has 0 N–H and O–H groups in total. The second kappa shape index (κ2) is 6.81. The van der Waals surface area contributed by atoms with E-state index < -0.39 is 0 Å². The van der Waals surface area contributed by atoms with Gasteiger partial charge in [-0.1, -0.05) is 41.4 Å². The number of hydrogen-bond acceptors (Lipinski definition) is 1. The van der Waals surface area contributed by atoms with Gasteiger partial charge in [0.25, 0.3) is 0 Å². The van der Waals surface area contributed by atoms with E-state index in [1.165, 1.54) is 5.57 Å². The van der Waals surface area contributed by atoms with Crippen molar-refractivity contribution in [3.8, 4) is 5.75 Å². The Morgan fingerprint density at radius 1 is 1.41 bits per heavy atom. The second-order valence-corrected chi connectivity index (χ2v) is 6.05. The third-order valence-corrected chi connectivity index (χ3v) is 3.83. The van der Waals surface area contributed by atoms with E-state index in [-0.39, 0.29) is 0 Å². The molecule has 0 amide bonds. The molecule has 0 spiro atoms. The molecule has 1 rings (SSSR count). The van der Waals surface area contributed by atoms with Crippen LogP contribution in [0.25, 0.3) is 6.08 Å². The standard InChI is InChI=1S/C13H15Br2ClO/c1-8(2)10(7-16)4-9-5-11(14)6-12(15)13(9)17-3/h4-6,8H,7H2,1-3H3. The van der Waals surface area contributed by atoms with E-state index in [1.54, 1.807) is 7.11 Å². The Hall–Kier alpha value is 0.01000. The summed E-state index contributed by atoms with van der Waals surface area (Å²) in [4.78, 5) is 0. The summed E-state index contributed by atoms with van der Waals surface area (Å²) in [5.41, 5.74) is 2.22. The molecule has 0 saturated carbocycles. The molecular weight excluding hydrogens is 367 g/mol. The fourth-order valence-corrected chi connectivity index (χ4v) is 3.27. The Balaban J connectivity index is 3.29. The number of benzene rings is 1. The molecule has 0 aliphatic carbocycles. The van der Waals surface area contributed by atoms with Gasteiger partial charge < -0.3 is 4.74 Å². The molecule has 4 heteroatoms. The number of allylic oxidation sites excluding steroid dienone is 1. The summed E-state index contributed by atoms with van der Waals surface area (Å²) in [7, 11) is 1.67. The van der Waals surface area contributed by atoms with Gasteiger partial charge in [-0.25, -0.2) is 0 Å². The molecule has 0 aromatic heterocycles. The maximum Gasteiger partial charge on any atom is 0.140 e. The highest BCUT2D eigenvalue weighted by Crippen LogP contribution is 2.34. The number of methoxy groups -OCH3 is 1. The highest BCUT2D eigenvalue weighted by Gasteiger charge is 2.09. The summed E-state index contributed by atoms with van der Waals surface area (Å²) in [6, 6.07) is 3.99. The van der Waals surface area contributed by atoms with Crippen LogP contribution in [0.3, 0.4) is 0 Å². The van der Waals surface area contributed by atoms with Gasteiger partial charge in [-0.2, -0.15) is 0 Å². The fourth-order valence-electron chi connectivity index (χ4n) is 1.46. The monoisotopic (exact) mass is 380 g/mol. The molecule has 0 atom stereocenters.